The van der Waals surface area contributed by atoms with Gasteiger partial charge in [0.2, 0.25) is 0 Å². The lowest BCUT2D eigenvalue weighted by molar-refractivity contribution is -0.660. The third kappa shape index (κ3) is 8.85. The number of hydrogen-bond acceptors (Lipinski definition) is 7. The average molecular weight is 631 g/mol. The largest absolute Gasteiger partial charge is 0.542 e. The molecule has 4 rings (SSSR count). The smallest absolute Gasteiger partial charge is 0.430 e. The zero-order valence-corrected chi connectivity index (χ0v) is 26.1. The molecule has 0 aliphatic heterocycles. The second-order valence-electron chi connectivity index (χ2n) is 12.7. The summed E-state index contributed by atoms with van der Waals surface area (Å²) in [5.74, 6) is 0.101. The lowest BCUT2D eigenvalue weighted by Crippen LogP contribution is -2.87. The van der Waals surface area contributed by atoms with Crippen LogP contribution in [-0.4, -0.2) is 62.6 Å². The van der Waals surface area contributed by atoms with Crippen LogP contribution < -0.4 is 27.0 Å². The van der Waals surface area contributed by atoms with Crippen LogP contribution in [0.25, 0.3) is 11.2 Å². The number of quaternary nitrogens is 1. The van der Waals surface area contributed by atoms with Crippen molar-refractivity contribution in [1.82, 2.24) is 24.4 Å². The van der Waals surface area contributed by atoms with E-state index < -0.39 is 17.7 Å². The summed E-state index contributed by atoms with van der Waals surface area (Å²) in [6, 6.07) is 0. The molecule has 2 saturated carbocycles. The standard InChI is InChI=1S/C27H44N6O4.C2HF3O2/c1-6-12-32-23-21(24(34)33(13-7-2)26(32)36)30-22(31-23)19-14-17-8-9-18(15-19)20(17)16-28-10-11-29-25(35)37-27(3,4)5;3-2(4,5)1(6)7/h17-20,28H,6-16H2,1-5H3,(H,29,35)(H,30,31);(H,6,7). The van der Waals surface area contributed by atoms with Crippen molar-refractivity contribution in [1.29, 1.82) is 0 Å². The van der Waals surface area contributed by atoms with Crippen molar-refractivity contribution in [2.24, 2.45) is 17.8 Å². The lowest BCUT2D eigenvalue weighted by atomic mass is 9.73. The Hall–Kier alpha value is -3.36. The van der Waals surface area contributed by atoms with Crippen LogP contribution in [0.1, 0.15) is 84.9 Å². The van der Waals surface area contributed by atoms with Crippen LogP contribution in [-0.2, 0) is 22.6 Å². The molecule has 2 aliphatic rings. The fraction of sp³-hybridized carbons (Fsp3) is 0.759. The Balaban J connectivity index is 0.000000676. The topological polar surface area (TPSA) is 168 Å². The molecular weight excluding hydrogens is 585 g/mol. The lowest BCUT2D eigenvalue weighted by Gasteiger charge is -2.33. The van der Waals surface area contributed by atoms with Crippen LogP contribution in [0.3, 0.4) is 0 Å². The van der Waals surface area contributed by atoms with E-state index in [-0.39, 0.29) is 17.3 Å². The monoisotopic (exact) mass is 630 g/mol. The summed E-state index contributed by atoms with van der Waals surface area (Å²) in [5.41, 5.74) is 0.000419. The van der Waals surface area contributed by atoms with E-state index in [9.17, 15) is 27.6 Å². The van der Waals surface area contributed by atoms with Gasteiger partial charge in [0.1, 0.15) is 22.9 Å². The van der Waals surface area contributed by atoms with Gasteiger partial charge in [-0.05, 0) is 71.1 Å². The number of nitrogens with one attached hydrogen (secondary N) is 2. The molecule has 2 heterocycles. The SMILES string of the molecule is CCCn1c(=O)c2[nH]c(C3CC4CCC(C3)C4C[NH2+]CCNC(=O)OC(C)(C)C)nc2n(CCC)c1=O.O=C([O-])C(F)(F)F. The first-order chi connectivity index (χ1) is 20.6. The summed E-state index contributed by atoms with van der Waals surface area (Å²) in [5, 5.41) is 13.9. The molecule has 0 spiro atoms. The van der Waals surface area contributed by atoms with Crippen LogP contribution in [0.5, 0.6) is 0 Å². The van der Waals surface area contributed by atoms with Crippen LogP contribution in [0, 0.1) is 17.8 Å². The van der Waals surface area contributed by atoms with Gasteiger partial charge in [0, 0.05) is 24.9 Å². The zero-order chi connectivity index (χ0) is 32.8. The fourth-order valence-corrected chi connectivity index (χ4v) is 6.39. The molecule has 2 atom stereocenters. The number of fused-ring (bicyclic) bond motifs is 3. The van der Waals surface area contributed by atoms with Gasteiger partial charge < -0.3 is 30.3 Å². The number of ether oxygens (including phenoxy) is 1. The second-order valence-corrected chi connectivity index (χ2v) is 12.7. The van der Waals surface area contributed by atoms with Crippen LogP contribution in [0.15, 0.2) is 9.59 Å². The number of aliphatic carboxylic acids is 1. The summed E-state index contributed by atoms with van der Waals surface area (Å²) in [6.45, 7) is 13.1. The number of halogens is 3. The van der Waals surface area contributed by atoms with Crippen LogP contribution >= 0.6 is 0 Å². The Morgan fingerprint density at radius 1 is 1.07 bits per heavy atom. The third-order valence-corrected chi connectivity index (χ3v) is 8.14. The molecule has 2 fully saturated rings. The molecule has 44 heavy (non-hydrogen) atoms. The van der Waals surface area contributed by atoms with Crippen LogP contribution in [0.4, 0.5) is 18.0 Å². The number of aryl methyl sites for hydroxylation is 1. The Morgan fingerprint density at radius 3 is 2.16 bits per heavy atom. The normalized spacial score (nSPS) is 21.5. The first kappa shape index (κ1) is 35.1. The zero-order valence-electron chi connectivity index (χ0n) is 26.1. The molecule has 12 nitrogen and oxygen atoms in total. The maximum Gasteiger partial charge on any atom is 0.430 e. The van der Waals surface area contributed by atoms with E-state index in [4.69, 9.17) is 19.6 Å². The first-order valence-corrected chi connectivity index (χ1v) is 15.4. The predicted molar refractivity (Wildman–Crippen MR) is 154 cm³/mol. The minimum absolute atomic E-state index is 0.250. The summed E-state index contributed by atoms with van der Waals surface area (Å²) in [4.78, 5) is 55.0. The number of amides is 1. The van der Waals surface area contributed by atoms with Gasteiger partial charge in [0.25, 0.3) is 5.56 Å². The molecule has 0 saturated heterocycles. The number of alkyl halides is 3. The fourth-order valence-electron chi connectivity index (χ4n) is 6.39. The minimum atomic E-state index is -5.19. The summed E-state index contributed by atoms with van der Waals surface area (Å²) < 4.78 is 39.9. The van der Waals surface area contributed by atoms with E-state index in [1.54, 1.807) is 4.57 Å². The van der Waals surface area contributed by atoms with Gasteiger partial charge in [-0.3, -0.25) is 13.9 Å². The molecule has 1 amide bonds. The molecular formula is C29H45F3N6O6. The third-order valence-electron chi connectivity index (χ3n) is 8.14. The molecule has 2 bridgehead atoms. The number of carboxylic acids is 1. The number of nitrogens with two attached hydrogens (primary N) is 1. The summed E-state index contributed by atoms with van der Waals surface area (Å²) >= 11 is 0. The van der Waals surface area contributed by atoms with Gasteiger partial charge in [0.15, 0.2) is 5.65 Å². The van der Waals surface area contributed by atoms with E-state index in [1.165, 1.54) is 17.4 Å². The number of nitrogens with zero attached hydrogens (tertiary/aromatic N) is 3. The number of rotatable bonds is 10. The molecule has 2 aliphatic carbocycles. The number of hydrogen-bond donors (Lipinski definition) is 3. The van der Waals surface area contributed by atoms with Gasteiger partial charge in [0.05, 0.1) is 19.6 Å². The van der Waals surface area contributed by atoms with Crippen molar-refractivity contribution in [2.75, 3.05) is 19.6 Å². The van der Waals surface area contributed by atoms with Crippen molar-refractivity contribution < 1.29 is 37.9 Å². The molecule has 248 valence electrons. The number of carbonyl (C=O) groups is 2. The maximum absolute atomic E-state index is 13.1. The van der Waals surface area contributed by atoms with E-state index in [0.717, 1.165) is 44.6 Å². The molecule has 2 aromatic rings. The first-order valence-electron chi connectivity index (χ1n) is 15.4. The quantitative estimate of drug-likeness (QED) is 0.335. The molecule has 0 aromatic carbocycles. The van der Waals surface area contributed by atoms with E-state index >= 15 is 0 Å². The molecule has 2 aromatic heterocycles. The van der Waals surface area contributed by atoms with Gasteiger partial charge >= 0.3 is 18.0 Å². The van der Waals surface area contributed by atoms with Crippen molar-refractivity contribution in [3.05, 3.63) is 26.7 Å². The molecule has 15 heteroatoms. The molecule has 4 N–H and O–H groups in total. The Kier molecular flexibility index (Phi) is 11.7. The number of aromatic nitrogens is 4. The predicted octanol–water partition coefficient (Wildman–Crippen LogP) is 1.61. The van der Waals surface area contributed by atoms with Gasteiger partial charge in [-0.25, -0.2) is 14.6 Å². The van der Waals surface area contributed by atoms with Gasteiger partial charge in [-0.15, -0.1) is 0 Å². The number of alkyl carbamates (subject to hydrolysis) is 1. The molecule has 0 radical (unpaired) electrons. The highest BCUT2D eigenvalue weighted by Gasteiger charge is 2.44. The number of carbonyl (C=O) groups excluding carboxylic acids is 2. The number of aromatic amines is 1. The van der Waals surface area contributed by atoms with E-state index in [1.807, 2.05) is 34.6 Å². The molecule has 2 unspecified atom stereocenters. The van der Waals surface area contributed by atoms with Gasteiger partial charge in [-0.2, -0.15) is 13.2 Å². The highest BCUT2D eigenvalue weighted by molar-refractivity contribution is 5.71. The second kappa shape index (κ2) is 14.6. The van der Waals surface area contributed by atoms with Crippen molar-refractivity contribution in [3.63, 3.8) is 0 Å². The average Bonchev–Trinajstić information content (AvgIpc) is 3.45. The Morgan fingerprint density at radius 2 is 1.64 bits per heavy atom. The van der Waals surface area contributed by atoms with E-state index in [0.29, 0.717) is 54.5 Å². The minimum Gasteiger partial charge on any atom is -0.542 e. The number of imidazole rings is 1. The Bertz CT molecular complexity index is 1400. The maximum atomic E-state index is 13.1. The van der Waals surface area contributed by atoms with Gasteiger partial charge in [-0.1, -0.05) is 13.8 Å². The van der Waals surface area contributed by atoms with Crippen molar-refractivity contribution in [3.8, 4) is 0 Å². The highest BCUT2D eigenvalue weighted by atomic mass is 19.4. The van der Waals surface area contributed by atoms with Crippen molar-refractivity contribution in [2.45, 2.75) is 104 Å². The summed E-state index contributed by atoms with van der Waals surface area (Å²) in [7, 11) is 0. The van der Waals surface area contributed by atoms with E-state index in [2.05, 4.69) is 15.6 Å². The highest BCUT2D eigenvalue weighted by Crippen LogP contribution is 2.51. The Labute approximate surface area is 253 Å². The number of carboxylic acid groups (broad SMARTS) is 1. The summed E-state index contributed by atoms with van der Waals surface area (Å²) in [6.07, 6.45) is 0.576. The number of H-pyrrole nitrogens is 1. The van der Waals surface area contributed by atoms with Crippen molar-refractivity contribution >= 4 is 23.2 Å². The van der Waals surface area contributed by atoms with Crippen LogP contribution in [0.2, 0.25) is 0 Å².